The number of hydrogen-bond acceptors (Lipinski definition) is 3. The zero-order valence-corrected chi connectivity index (χ0v) is 13.2. The summed E-state index contributed by atoms with van der Waals surface area (Å²) in [5, 5.41) is 0.924. The number of halogens is 2. The van der Waals surface area contributed by atoms with Gasteiger partial charge in [0.2, 0.25) is 0 Å². The largest absolute Gasteiger partial charge is 0.398 e. The number of allylic oxidation sites excluding steroid dienone is 2. The van der Waals surface area contributed by atoms with Crippen molar-refractivity contribution in [1.29, 1.82) is 0 Å². The minimum atomic E-state index is 0.446. The van der Waals surface area contributed by atoms with Gasteiger partial charge in [-0.1, -0.05) is 35.3 Å². The van der Waals surface area contributed by atoms with Gasteiger partial charge in [-0.25, -0.2) is 0 Å². The second kappa shape index (κ2) is 6.35. The Morgan fingerprint density at radius 3 is 2.40 bits per heavy atom. The number of thiophene rings is 1. The summed E-state index contributed by atoms with van der Waals surface area (Å²) in [6.45, 7) is 2.04. The van der Waals surface area contributed by atoms with Crippen molar-refractivity contribution >= 4 is 45.9 Å². The minimum Gasteiger partial charge on any atom is -0.398 e. The first-order valence-corrected chi connectivity index (χ1v) is 7.50. The molecule has 1 aromatic carbocycles. The fraction of sp³-hybridized carbons (Fsp3) is 0.0667. The maximum atomic E-state index is 6.12. The zero-order valence-electron chi connectivity index (χ0n) is 10.9. The molecule has 0 radical (unpaired) electrons. The predicted octanol–water partition coefficient (Wildman–Crippen LogP) is 4.66. The van der Waals surface area contributed by atoms with Crippen molar-refractivity contribution in [1.82, 2.24) is 0 Å². The van der Waals surface area contributed by atoms with Crippen LogP contribution in [0.15, 0.2) is 42.5 Å². The first-order chi connectivity index (χ1) is 9.49. The van der Waals surface area contributed by atoms with Crippen LogP contribution >= 0.6 is 34.5 Å². The van der Waals surface area contributed by atoms with Gasteiger partial charge in [-0.15, -0.1) is 11.3 Å². The SMILES string of the molecule is Cc1ccc(/C(N)=C/C=C(\N)c2cccc(Cl)c2Cl)s1. The van der Waals surface area contributed by atoms with Gasteiger partial charge >= 0.3 is 0 Å². The van der Waals surface area contributed by atoms with Crippen LogP contribution in [0.3, 0.4) is 0 Å². The molecular formula is C15H14Cl2N2S. The molecule has 0 bridgehead atoms. The lowest BCUT2D eigenvalue weighted by atomic mass is 10.1. The van der Waals surface area contributed by atoms with Gasteiger partial charge in [0.05, 0.1) is 14.9 Å². The maximum Gasteiger partial charge on any atom is 0.0685 e. The number of aryl methyl sites for hydroxylation is 1. The van der Waals surface area contributed by atoms with Crippen molar-refractivity contribution < 1.29 is 0 Å². The van der Waals surface area contributed by atoms with Crippen LogP contribution in [0.5, 0.6) is 0 Å². The quantitative estimate of drug-likeness (QED) is 0.806. The summed E-state index contributed by atoms with van der Waals surface area (Å²) in [6.07, 6.45) is 3.51. The third-order valence-electron chi connectivity index (χ3n) is 2.73. The van der Waals surface area contributed by atoms with Crippen molar-refractivity contribution in [3.8, 4) is 0 Å². The summed E-state index contributed by atoms with van der Waals surface area (Å²) in [5.74, 6) is 0. The van der Waals surface area contributed by atoms with Crippen molar-refractivity contribution in [2.24, 2.45) is 11.5 Å². The van der Waals surface area contributed by atoms with Gasteiger partial charge < -0.3 is 11.5 Å². The lowest BCUT2D eigenvalue weighted by Crippen LogP contribution is -1.98. The molecule has 0 atom stereocenters. The molecular weight excluding hydrogens is 311 g/mol. The minimum absolute atomic E-state index is 0.446. The molecule has 0 aliphatic rings. The number of nitrogens with two attached hydrogens (primary N) is 2. The van der Waals surface area contributed by atoms with Crippen LogP contribution in [-0.2, 0) is 0 Å². The van der Waals surface area contributed by atoms with Crippen molar-refractivity contribution in [2.75, 3.05) is 0 Å². The van der Waals surface area contributed by atoms with Crippen LogP contribution in [0.25, 0.3) is 11.4 Å². The van der Waals surface area contributed by atoms with Gasteiger partial charge in [-0.05, 0) is 37.3 Å². The normalized spacial score (nSPS) is 12.8. The van der Waals surface area contributed by atoms with E-state index in [1.165, 1.54) is 4.88 Å². The standard InChI is InChI=1S/C15H14Cl2N2S/c1-9-5-8-14(20-9)13(19)7-6-12(18)10-3-2-4-11(16)15(10)17/h2-8H,18-19H2,1H3/b12-6-,13-7-. The van der Waals surface area contributed by atoms with E-state index in [1.807, 2.05) is 25.1 Å². The Bertz CT molecular complexity index is 687. The van der Waals surface area contributed by atoms with Crippen molar-refractivity contribution in [3.63, 3.8) is 0 Å². The molecule has 2 aromatic rings. The zero-order chi connectivity index (χ0) is 14.7. The topological polar surface area (TPSA) is 52.0 Å². The van der Waals surface area contributed by atoms with Gasteiger partial charge in [0.25, 0.3) is 0 Å². The van der Waals surface area contributed by atoms with Gasteiger partial charge in [-0.2, -0.15) is 0 Å². The third-order valence-corrected chi connectivity index (χ3v) is 4.60. The lowest BCUT2D eigenvalue weighted by Gasteiger charge is -2.05. The van der Waals surface area contributed by atoms with Gasteiger partial charge in [0.15, 0.2) is 0 Å². The summed E-state index contributed by atoms with van der Waals surface area (Å²) < 4.78 is 0. The Hall–Kier alpha value is -1.42. The molecule has 1 aromatic heterocycles. The molecule has 20 heavy (non-hydrogen) atoms. The molecule has 104 valence electrons. The fourth-order valence-electron chi connectivity index (χ4n) is 1.67. The van der Waals surface area contributed by atoms with Crippen LogP contribution in [0.2, 0.25) is 10.0 Å². The van der Waals surface area contributed by atoms with E-state index in [1.54, 1.807) is 35.6 Å². The second-order valence-electron chi connectivity index (χ2n) is 4.26. The molecule has 4 N–H and O–H groups in total. The van der Waals surface area contributed by atoms with Crippen LogP contribution in [-0.4, -0.2) is 0 Å². The van der Waals surface area contributed by atoms with Crippen molar-refractivity contribution in [3.05, 3.63) is 67.8 Å². The van der Waals surface area contributed by atoms with E-state index in [0.717, 1.165) is 4.88 Å². The third kappa shape index (κ3) is 3.37. The molecule has 0 amide bonds. The molecule has 0 saturated heterocycles. The number of rotatable bonds is 3. The number of hydrogen-bond donors (Lipinski definition) is 2. The van der Waals surface area contributed by atoms with Crippen LogP contribution in [0.1, 0.15) is 15.3 Å². The smallest absolute Gasteiger partial charge is 0.0685 e. The summed E-state index contributed by atoms with van der Waals surface area (Å²) in [4.78, 5) is 2.23. The molecule has 5 heteroatoms. The molecule has 0 unspecified atom stereocenters. The van der Waals surface area contributed by atoms with Gasteiger partial charge in [-0.3, -0.25) is 0 Å². The van der Waals surface area contributed by atoms with E-state index >= 15 is 0 Å². The Kier molecular flexibility index (Phi) is 4.76. The predicted molar refractivity (Wildman–Crippen MR) is 89.8 cm³/mol. The second-order valence-corrected chi connectivity index (χ2v) is 6.33. The Morgan fingerprint density at radius 2 is 1.75 bits per heavy atom. The summed E-state index contributed by atoms with van der Waals surface area (Å²) in [7, 11) is 0. The molecule has 1 heterocycles. The molecule has 2 nitrogen and oxygen atoms in total. The van der Waals surface area contributed by atoms with Crippen LogP contribution < -0.4 is 11.5 Å². The lowest BCUT2D eigenvalue weighted by molar-refractivity contribution is 1.51. The van der Waals surface area contributed by atoms with E-state index in [-0.39, 0.29) is 0 Å². The highest BCUT2D eigenvalue weighted by atomic mass is 35.5. The monoisotopic (exact) mass is 324 g/mol. The molecule has 0 aliphatic heterocycles. The van der Waals surface area contributed by atoms with Crippen LogP contribution in [0.4, 0.5) is 0 Å². The molecule has 0 spiro atoms. The average Bonchev–Trinajstić information content (AvgIpc) is 2.85. The van der Waals surface area contributed by atoms with Gasteiger partial charge in [0, 0.05) is 21.8 Å². The number of benzene rings is 1. The van der Waals surface area contributed by atoms with E-state index in [9.17, 15) is 0 Å². The Labute approximate surface area is 132 Å². The van der Waals surface area contributed by atoms with Crippen LogP contribution in [0, 0.1) is 6.92 Å². The highest BCUT2D eigenvalue weighted by molar-refractivity contribution is 7.13. The highest BCUT2D eigenvalue weighted by Crippen LogP contribution is 2.29. The highest BCUT2D eigenvalue weighted by Gasteiger charge is 2.06. The van der Waals surface area contributed by atoms with Crippen molar-refractivity contribution in [2.45, 2.75) is 6.92 Å². The van der Waals surface area contributed by atoms with E-state index < -0.39 is 0 Å². The molecule has 0 aliphatic carbocycles. The average molecular weight is 325 g/mol. The summed E-state index contributed by atoms with van der Waals surface area (Å²) in [5.41, 5.74) is 13.9. The molecule has 0 saturated carbocycles. The summed E-state index contributed by atoms with van der Waals surface area (Å²) in [6, 6.07) is 9.36. The van der Waals surface area contributed by atoms with E-state index in [0.29, 0.717) is 27.0 Å². The first kappa shape index (κ1) is 15.0. The maximum absolute atomic E-state index is 6.12. The fourth-order valence-corrected chi connectivity index (χ4v) is 2.88. The summed E-state index contributed by atoms with van der Waals surface area (Å²) >= 11 is 13.7. The van der Waals surface area contributed by atoms with E-state index in [4.69, 9.17) is 34.7 Å². The van der Waals surface area contributed by atoms with Gasteiger partial charge in [0.1, 0.15) is 0 Å². The Balaban J connectivity index is 2.29. The Morgan fingerprint density at radius 1 is 1.05 bits per heavy atom. The van der Waals surface area contributed by atoms with E-state index in [2.05, 4.69) is 0 Å². The first-order valence-electron chi connectivity index (χ1n) is 5.93. The molecule has 0 fully saturated rings. The molecule has 2 rings (SSSR count).